The van der Waals surface area contributed by atoms with Crippen molar-refractivity contribution in [2.24, 2.45) is 0 Å². The van der Waals surface area contributed by atoms with Crippen LogP contribution < -0.4 is 5.32 Å². The predicted octanol–water partition coefficient (Wildman–Crippen LogP) is 0.628. The molecular formula is C12H17N5O. The van der Waals surface area contributed by atoms with Crippen molar-refractivity contribution in [2.45, 2.75) is 12.6 Å². The van der Waals surface area contributed by atoms with E-state index in [0.29, 0.717) is 6.61 Å². The molecule has 96 valence electrons. The lowest BCUT2D eigenvalue weighted by molar-refractivity contribution is 0.182. The second-order valence-electron chi connectivity index (χ2n) is 3.87. The van der Waals surface area contributed by atoms with Crippen molar-refractivity contribution in [2.75, 3.05) is 20.8 Å². The molecule has 0 aliphatic rings. The van der Waals surface area contributed by atoms with Gasteiger partial charge in [0.1, 0.15) is 0 Å². The van der Waals surface area contributed by atoms with Gasteiger partial charge in [-0.3, -0.25) is 4.68 Å². The molecule has 0 bridgehead atoms. The Morgan fingerprint density at radius 1 is 1.33 bits per heavy atom. The van der Waals surface area contributed by atoms with Crippen LogP contribution >= 0.6 is 0 Å². The molecule has 0 aliphatic heterocycles. The van der Waals surface area contributed by atoms with Crippen LogP contribution in [-0.2, 0) is 11.3 Å². The van der Waals surface area contributed by atoms with E-state index in [2.05, 4.69) is 20.6 Å². The number of rotatable bonds is 6. The van der Waals surface area contributed by atoms with Crippen molar-refractivity contribution in [1.29, 1.82) is 0 Å². The average molecular weight is 247 g/mol. The van der Waals surface area contributed by atoms with Crippen LogP contribution in [0.3, 0.4) is 0 Å². The first-order valence-corrected chi connectivity index (χ1v) is 5.81. The number of hydrogen-bond donors (Lipinski definition) is 1. The normalized spacial score (nSPS) is 12.6. The Morgan fingerprint density at radius 2 is 2.22 bits per heavy atom. The highest BCUT2D eigenvalue weighted by Crippen LogP contribution is 2.20. The molecule has 2 rings (SSSR count). The van der Waals surface area contributed by atoms with Crippen LogP contribution in [0.15, 0.2) is 30.7 Å². The largest absolute Gasteiger partial charge is 0.383 e. The molecule has 0 fully saturated rings. The second-order valence-corrected chi connectivity index (χ2v) is 3.87. The molecule has 0 aromatic carbocycles. The van der Waals surface area contributed by atoms with Gasteiger partial charge in [-0.05, 0) is 24.7 Å². The van der Waals surface area contributed by atoms with Crippen LogP contribution in [0.5, 0.6) is 0 Å². The summed E-state index contributed by atoms with van der Waals surface area (Å²) in [5.41, 5.74) is 2.15. The Morgan fingerprint density at radius 3 is 2.89 bits per heavy atom. The number of aromatic nitrogens is 4. The zero-order valence-electron chi connectivity index (χ0n) is 10.6. The SMILES string of the molecule is CNC(c1ccnnc1)c1ccnn1CCOC. The zero-order valence-corrected chi connectivity index (χ0v) is 10.6. The third kappa shape index (κ3) is 2.72. The van der Waals surface area contributed by atoms with Crippen molar-refractivity contribution in [3.8, 4) is 0 Å². The molecule has 2 heterocycles. The standard InChI is InChI=1S/C12H17N5O/c1-13-12(10-3-5-14-15-9-10)11-4-6-16-17(11)7-8-18-2/h3-6,9,12-13H,7-8H2,1-2H3. The van der Waals surface area contributed by atoms with Crippen LogP contribution in [0.4, 0.5) is 0 Å². The first kappa shape index (κ1) is 12.7. The summed E-state index contributed by atoms with van der Waals surface area (Å²) in [4.78, 5) is 0. The number of methoxy groups -OCH3 is 1. The van der Waals surface area contributed by atoms with Crippen LogP contribution in [0.1, 0.15) is 17.3 Å². The fourth-order valence-electron chi connectivity index (χ4n) is 1.91. The molecule has 1 atom stereocenters. The summed E-state index contributed by atoms with van der Waals surface area (Å²) in [7, 11) is 3.60. The molecule has 0 saturated carbocycles. The fraction of sp³-hybridized carbons (Fsp3) is 0.417. The number of nitrogens with one attached hydrogen (secondary N) is 1. The molecule has 0 aliphatic carbocycles. The monoisotopic (exact) mass is 247 g/mol. The van der Waals surface area contributed by atoms with E-state index >= 15 is 0 Å². The van der Waals surface area contributed by atoms with Gasteiger partial charge in [-0.1, -0.05) is 0 Å². The lowest BCUT2D eigenvalue weighted by atomic mass is 10.1. The quantitative estimate of drug-likeness (QED) is 0.811. The van der Waals surface area contributed by atoms with E-state index in [1.54, 1.807) is 25.7 Å². The van der Waals surface area contributed by atoms with Crippen molar-refractivity contribution >= 4 is 0 Å². The number of hydrogen-bond acceptors (Lipinski definition) is 5. The lowest BCUT2D eigenvalue weighted by Gasteiger charge is -2.17. The summed E-state index contributed by atoms with van der Waals surface area (Å²) in [5.74, 6) is 0. The van der Waals surface area contributed by atoms with Gasteiger partial charge in [0.15, 0.2) is 0 Å². The van der Waals surface area contributed by atoms with Crippen LogP contribution in [0, 0.1) is 0 Å². The Kier molecular flexibility index (Phi) is 4.38. The van der Waals surface area contributed by atoms with Crippen LogP contribution in [0.2, 0.25) is 0 Å². The first-order chi connectivity index (χ1) is 8.86. The fourth-order valence-corrected chi connectivity index (χ4v) is 1.91. The summed E-state index contributed by atoms with van der Waals surface area (Å²) >= 11 is 0. The number of nitrogens with zero attached hydrogens (tertiary/aromatic N) is 4. The van der Waals surface area contributed by atoms with Crippen molar-refractivity contribution in [3.05, 3.63) is 42.0 Å². The Hall–Kier alpha value is -1.79. The summed E-state index contributed by atoms with van der Waals surface area (Å²) in [6.07, 6.45) is 5.24. The van der Waals surface area contributed by atoms with Gasteiger partial charge in [-0.2, -0.15) is 15.3 Å². The van der Waals surface area contributed by atoms with E-state index in [1.165, 1.54) is 0 Å². The summed E-state index contributed by atoms with van der Waals surface area (Å²) in [6.45, 7) is 1.37. The van der Waals surface area contributed by atoms with Gasteiger partial charge in [0.05, 0.1) is 31.1 Å². The third-order valence-corrected chi connectivity index (χ3v) is 2.78. The maximum atomic E-state index is 5.09. The zero-order chi connectivity index (χ0) is 12.8. The van der Waals surface area contributed by atoms with Crippen LogP contribution in [0.25, 0.3) is 0 Å². The summed E-state index contributed by atoms with van der Waals surface area (Å²) in [5, 5.41) is 15.3. The van der Waals surface area contributed by atoms with Gasteiger partial charge in [0.2, 0.25) is 0 Å². The minimum atomic E-state index is 0.0554. The predicted molar refractivity (Wildman–Crippen MR) is 67.0 cm³/mol. The molecule has 0 radical (unpaired) electrons. The van der Waals surface area contributed by atoms with Gasteiger partial charge in [0, 0.05) is 19.5 Å². The third-order valence-electron chi connectivity index (χ3n) is 2.78. The van der Waals surface area contributed by atoms with E-state index in [4.69, 9.17) is 4.74 Å². The minimum absolute atomic E-state index is 0.0554. The topological polar surface area (TPSA) is 64.9 Å². The average Bonchev–Trinajstić information content (AvgIpc) is 2.87. The maximum Gasteiger partial charge on any atom is 0.0762 e. The van der Waals surface area contributed by atoms with E-state index in [0.717, 1.165) is 17.8 Å². The first-order valence-electron chi connectivity index (χ1n) is 5.81. The van der Waals surface area contributed by atoms with E-state index < -0.39 is 0 Å². The van der Waals surface area contributed by atoms with Gasteiger partial charge in [-0.15, -0.1) is 0 Å². The minimum Gasteiger partial charge on any atom is -0.383 e. The lowest BCUT2D eigenvalue weighted by Crippen LogP contribution is -2.22. The van der Waals surface area contributed by atoms with Gasteiger partial charge < -0.3 is 10.1 Å². The van der Waals surface area contributed by atoms with Gasteiger partial charge in [0.25, 0.3) is 0 Å². The van der Waals surface area contributed by atoms with E-state index in [9.17, 15) is 0 Å². The highest BCUT2D eigenvalue weighted by atomic mass is 16.5. The highest BCUT2D eigenvalue weighted by molar-refractivity contribution is 5.23. The molecule has 6 nitrogen and oxygen atoms in total. The molecule has 1 unspecified atom stereocenters. The molecule has 2 aromatic rings. The highest BCUT2D eigenvalue weighted by Gasteiger charge is 2.16. The molecule has 6 heteroatoms. The number of ether oxygens (including phenoxy) is 1. The van der Waals surface area contributed by atoms with Crippen molar-refractivity contribution < 1.29 is 4.74 Å². The Bertz CT molecular complexity index is 470. The molecule has 0 spiro atoms. The second kappa shape index (κ2) is 6.23. The van der Waals surface area contributed by atoms with Crippen molar-refractivity contribution in [3.63, 3.8) is 0 Å². The smallest absolute Gasteiger partial charge is 0.0762 e. The Balaban J connectivity index is 2.25. The van der Waals surface area contributed by atoms with E-state index in [1.807, 2.05) is 23.9 Å². The van der Waals surface area contributed by atoms with Crippen molar-refractivity contribution in [1.82, 2.24) is 25.3 Å². The maximum absolute atomic E-state index is 5.09. The molecular weight excluding hydrogens is 230 g/mol. The molecule has 0 saturated heterocycles. The Labute approximate surface area is 106 Å². The summed E-state index contributed by atoms with van der Waals surface area (Å²) < 4.78 is 7.02. The van der Waals surface area contributed by atoms with E-state index in [-0.39, 0.29) is 6.04 Å². The molecule has 0 amide bonds. The summed E-state index contributed by atoms with van der Waals surface area (Å²) in [6, 6.07) is 4.00. The van der Waals surface area contributed by atoms with Crippen LogP contribution in [-0.4, -0.2) is 40.7 Å². The molecule has 1 N–H and O–H groups in total. The molecule has 2 aromatic heterocycles. The van der Waals surface area contributed by atoms with Gasteiger partial charge in [-0.25, -0.2) is 0 Å². The molecule has 18 heavy (non-hydrogen) atoms. The van der Waals surface area contributed by atoms with Gasteiger partial charge >= 0.3 is 0 Å².